The number of ether oxygens (including phenoxy) is 1. The van der Waals surface area contributed by atoms with Crippen LogP contribution in [0.3, 0.4) is 0 Å². The number of Topliss-reactive ketones (excluding diaryl/α,β-unsaturated/α-hetero) is 1. The fourth-order valence-electron chi connectivity index (χ4n) is 3.54. The van der Waals surface area contributed by atoms with E-state index in [0.717, 1.165) is 22.3 Å². The van der Waals surface area contributed by atoms with Crippen molar-refractivity contribution >= 4 is 17.4 Å². The minimum absolute atomic E-state index is 0.118. The number of aromatic nitrogens is 3. The van der Waals surface area contributed by atoms with Crippen LogP contribution in [0.5, 0.6) is 11.5 Å². The van der Waals surface area contributed by atoms with E-state index in [4.69, 9.17) is 16.3 Å². The largest absolute Gasteiger partial charge is 0.456 e. The first-order chi connectivity index (χ1) is 15.9. The third-order valence-corrected chi connectivity index (χ3v) is 5.60. The molecule has 0 aliphatic heterocycles. The number of nitriles is 1. The Bertz CT molecular complexity index is 1350. The van der Waals surface area contributed by atoms with Gasteiger partial charge in [0.1, 0.15) is 28.9 Å². The number of ketones is 1. The molecule has 2 aromatic carbocycles. The van der Waals surface area contributed by atoms with Crippen molar-refractivity contribution in [3.63, 3.8) is 0 Å². The Balaban J connectivity index is 1.45. The van der Waals surface area contributed by atoms with Crippen molar-refractivity contribution in [1.82, 2.24) is 14.8 Å². The summed E-state index contributed by atoms with van der Waals surface area (Å²) in [5.41, 5.74) is 4.40. The fourth-order valence-corrected chi connectivity index (χ4v) is 3.65. The first kappa shape index (κ1) is 22.3. The van der Waals surface area contributed by atoms with Gasteiger partial charge in [0.05, 0.1) is 11.9 Å². The van der Waals surface area contributed by atoms with Gasteiger partial charge in [-0.1, -0.05) is 35.9 Å². The number of halogens is 1. The number of aryl methyl sites for hydroxylation is 2. The Morgan fingerprint density at radius 1 is 1.12 bits per heavy atom. The fraction of sp³-hybridized carbons (Fsp3) is 0.154. The molecule has 0 aliphatic rings. The highest BCUT2D eigenvalue weighted by atomic mass is 35.5. The molecule has 0 radical (unpaired) electrons. The number of carbonyl (C=O) groups excluding carboxylic acids is 1. The molecule has 0 fully saturated rings. The summed E-state index contributed by atoms with van der Waals surface area (Å²) in [5.74, 6) is 1.10. The molecule has 0 saturated carbocycles. The molecule has 6 nitrogen and oxygen atoms in total. The van der Waals surface area contributed by atoms with Crippen LogP contribution in [0.2, 0.25) is 5.02 Å². The third kappa shape index (κ3) is 5.28. The summed E-state index contributed by atoms with van der Waals surface area (Å²) in [6.07, 6.45) is 5.74. The number of carbonyl (C=O) groups is 1. The molecule has 0 aliphatic carbocycles. The minimum atomic E-state index is 0.118. The van der Waals surface area contributed by atoms with Crippen LogP contribution in [-0.2, 0) is 24.7 Å². The second-order valence-corrected chi connectivity index (χ2v) is 8.18. The predicted molar refractivity (Wildman–Crippen MR) is 126 cm³/mol. The van der Waals surface area contributed by atoms with E-state index >= 15 is 0 Å². The summed E-state index contributed by atoms with van der Waals surface area (Å²) in [7, 11) is 1.80. The minimum Gasteiger partial charge on any atom is -0.456 e. The molecule has 0 saturated heterocycles. The van der Waals surface area contributed by atoms with Gasteiger partial charge in [-0.2, -0.15) is 10.4 Å². The average Bonchev–Trinajstić information content (AvgIpc) is 3.23. The van der Waals surface area contributed by atoms with E-state index in [1.807, 2.05) is 37.3 Å². The van der Waals surface area contributed by atoms with Crippen LogP contribution in [0.1, 0.15) is 22.3 Å². The quantitative estimate of drug-likeness (QED) is 0.368. The Labute approximate surface area is 197 Å². The zero-order valence-electron chi connectivity index (χ0n) is 18.2. The molecule has 4 aromatic rings. The summed E-state index contributed by atoms with van der Waals surface area (Å²) in [4.78, 5) is 16.8. The topological polar surface area (TPSA) is 80.8 Å². The Morgan fingerprint density at radius 3 is 2.52 bits per heavy atom. The summed E-state index contributed by atoms with van der Waals surface area (Å²) < 4.78 is 7.61. The van der Waals surface area contributed by atoms with Gasteiger partial charge in [0.2, 0.25) is 0 Å². The predicted octanol–water partition coefficient (Wildman–Crippen LogP) is 5.46. The lowest BCUT2D eigenvalue weighted by Crippen LogP contribution is -2.06. The Morgan fingerprint density at radius 2 is 1.85 bits per heavy atom. The van der Waals surface area contributed by atoms with Crippen molar-refractivity contribution in [2.24, 2.45) is 7.05 Å². The monoisotopic (exact) mass is 456 g/mol. The van der Waals surface area contributed by atoms with Crippen molar-refractivity contribution < 1.29 is 9.53 Å². The normalized spacial score (nSPS) is 10.6. The molecule has 7 heteroatoms. The standard InChI is InChI=1S/C26H21ClN4O2/c1-17-11-19(5-8-24(17)27)13-21(32)12-18-3-6-22(7-4-18)33-25-9-10-29-26(23(25)14-28)20-15-30-31(2)16-20/h3-11,15-16H,12-13H2,1-2H3. The Kier molecular flexibility index (Phi) is 6.53. The summed E-state index contributed by atoms with van der Waals surface area (Å²) in [6.45, 7) is 1.93. The van der Waals surface area contributed by atoms with E-state index in [1.165, 1.54) is 0 Å². The maximum atomic E-state index is 12.5. The SMILES string of the molecule is Cc1cc(CC(=O)Cc2ccc(Oc3ccnc(-c4cnn(C)c4)c3C#N)cc2)ccc1Cl. The van der Waals surface area contributed by atoms with E-state index in [-0.39, 0.29) is 5.78 Å². The van der Waals surface area contributed by atoms with Gasteiger partial charge in [-0.05, 0) is 41.8 Å². The summed E-state index contributed by atoms with van der Waals surface area (Å²) in [5, 5.41) is 14.5. The van der Waals surface area contributed by atoms with Gasteiger partial charge < -0.3 is 4.74 Å². The van der Waals surface area contributed by atoms with E-state index < -0.39 is 0 Å². The molecule has 4 rings (SSSR count). The molecule has 2 aromatic heterocycles. The van der Waals surface area contributed by atoms with E-state index in [2.05, 4.69) is 16.2 Å². The number of hydrogen-bond acceptors (Lipinski definition) is 5. The Hall–Kier alpha value is -3.95. The zero-order chi connectivity index (χ0) is 23.4. The van der Waals surface area contributed by atoms with Gasteiger partial charge in [0.15, 0.2) is 0 Å². The van der Waals surface area contributed by atoms with Crippen molar-refractivity contribution in [2.45, 2.75) is 19.8 Å². The van der Waals surface area contributed by atoms with Crippen molar-refractivity contribution in [3.05, 3.63) is 94.4 Å². The zero-order valence-corrected chi connectivity index (χ0v) is 19.0. The van der Waals surface area contributed by atoms with Crippen molar-refractivity contribution in [1.29, 1.82) is 5.26 Å². The van der Waals surface area contributed by atoms with Gasteiger partial charge in [-0.3, -0.25) is 14.5 Å². The molecule has 0 spiro atoms. The van der Waals surface area contributed by atoms with Crippen LogP contribution in [-0.4, -0.2) is 20.5 Å². The van der Waals surface area contributed by atoms with Crippen molar-refractivity contribution in [3.8, 4) is 28.8 Å². The molecule has 33 heavy (non-hydrogen) atoms. The average molecular weight is 457 g/mol. The van der Waals surface area contributed by atoms with Crippen LogP contribution in [0.15, 0.2) is 67.1 Å². The van der Waals surface area contributed by atoms with E-state index in [0.29, 0.717) is 40.6 Å². The highest BCUT2D eigenvalue weighted by Crippen LogP contribution is 2.31. The van der Waals surface area contributed by atoms with Crippen LogP contribution in [0, 0.1) is 18.3 Å². The molecule has 0 N–H and O–H groups in total. The maximum Gasteiger partial charge on any atom is 0.148 e. The number of pyridine rings is 1. The molecule has 164 valence electrons. The first-order valence-corrected chi connectivity index (χ1v) is 10.7. The molecular weight excluding hydrogens is 436 g/mol. The molecular formula is C26H21ClN4O2. The lowest BCUT2D eigenvalue weighted by atomic mass is 10.0. The molecule has 0 bridgehead atoms. The van der Waals surface area contributed by atoms with Gasteiger partial charge in [0, 0.05) is 48.9 Å². The summed E-state index contributed by atoms with van der Waals surface area (Å²) in [6, 6.07) is 16.8. The number of benzene rings is 2. The van der Waals surface area contributed by atoms with Gasteiger partial charge >= 0.3 is 0 Å². The van der Waals surface area contributed by atoms with Gasteiger partial charge in [-0.25, -0.2) is 0 Å². The molecule has 0 atom stereocenters. The first-order valence-electron chi connectivity index (χ1n) is 10.3. The van der Waals surface area contributed by atoms with Crippen molar-refractivity contribution in [2.75, 3.05) is 0 Å². The third-order valence-electron chi connectivity index (χ3n) is 5.18. The van der Waals surface area contributed by atoms with Crippen LogP contribution >= 0.6 is 11.6 Å². The van der Waals surface area contributed by atoms with E-state index in [9.17, 15) is 10.1 Å². The molecule has 2 heterocycles. The second-order valence-electron chi connectivity index (χ2n) is 7.77. The lowest BCUT2D eigenvalue weighted by molar-refractivity contribution is -0.117. The molecule has 0 amide bonds. The van der Waals surface area contributed by atoms with Crippen LogP contribution in [0.4, 0.5) is 0 Å². The number of rotatable bonds is 7. The molecule has 0 unspecified atom stereocenters. The maximum absolute atomic E-state index is 12.5. The summed E-state index contributed by atoms with van der Waals surface area (Å²) >= 11 is 6.06. The van der Waals surface area contributed by atoms with E-state index in [1.54, 1.807) is 48.5 Å². The van der Waals surface area contributed by atoms with Crippen LogP contribution in [0.25, 0.3) is 11.3 Å². The highest BCUT2D eigenvalue weighted by Gasteiger charge is 2.15. The number of hydrogen-bond donors (Lipinski definition) is 0. The smallest absolute Gasteiger partial charge is 0.148 e. The second kappa shape index (κ2) is 9.68. The van der Waals surface area contributed by atoms with Gasteiger partial charge in [-0.15, -0.1) is 0 Å². The highest BCUT2D eigenvalue weighted by molar-refractivity contribution is 6.31. The van der Waals surface area contributed by atoms with Gasteiger partial charge in [0.25, 0.3) is 0 Å². The van der Waals surface area contributed by atoms with Crippen LogP contribution < -0.4 is 4.74 Å². The number of nitrogens with zero attached hydrogens (tertiary/aromatic N) is 4. The lowest BCUT2D eigenvalue weighted by Gasteiger charge is -2.10.